The van der Waals surface area contributed by atoms with Crippen molar-refractivity contribution in [2.75, 3.05) is 11.6 Å². The van der Waals surface area contributed by atoms with Crippen molar-refractivity contribution in [2.45, 2.75) is 24.9 Å². The van der Waals surface area contributed by atoms with Crippen LogP contribution in [0, 0.1) is 0 Å². The zero-order valence-electron chi connectivity index (χ0n) is 11.1. The highest BCUT2D eigenvalue weighted by Gasteiger charge is 2.06. The average molecular weight is 278 g/mol. The second-order valence-corrected chi connectivity index (χ2v) is 6.45. The number of rotatable bonds is 5. The number of benzene rings is 1. The highest BCUT2D eigenvalue weighted by atomic mass is 32.2. The maximum absolute atomic E-state index is 11.3. The molecule has 0 aliphatic carbocycles. The number of nitrogens with one attached hydrogen (secondary N) is 1. The maximum Gasteiger partial charge on any atom is 0.175 e. The van der Waals surface area contributed by atoms with E-state index in [0.717, 1.165) is 18.8 Å². The van der Waals surface area contributed by atoms with Crippen molar-refractivity contribution in [1.29, 1.82) is 0 Å². The highest BCUT2D eigenvalue weighted by Crippen LogP contribution is 2.15. The van der Waals surface area contributed by atoms with Crippen LogP contribution in [-0.4, -0.2) is 19.2 Å². The van der Waals surface area contributed by atoms with Gasteiger partial charge in [0.1, 0.15) is 0 Å². The summed E-state index contributed by atoms with van der Waals surface area (Å²) in [6.45, 7) is 3.76. The SMILES string of the molecule is CCn1cccc1CNc1ccc(S(C)(=O)=O)cc1. The summed E-state index contributed by atoms with van der Waals surface area (Å²) in [5, 5.41) is 3.28. The predicted octanol–water partition coefficient (Wildman–Crippen LogP) is 2.52. The van der Waals surface area contributed by atoms with Gasteiger partial charge in [0.05, 0.1) is 11.4 Å². The van der Waals surface area contributed by atoms with E-state index in [0.29, 0.717) is 4.90 Å². The molecular formula is C14H18N2O2S. The van der Waals surface area contributed by atoms with E-state index in [1.807, 2.05) is 12.3 Å². The Balaban J connectivity index is 2.05. The normalized spacial score (nSPS) is 11.5. The highest BCUT2D eigenvalue weighted by molar-refractivity contribution is 7.90. The molecule has 0 bridgehead atoms. The molecule has 0 unspecified atom stereocenters. The second kappa shape index (κ2) is 5.48. The fraction of sp³-hybridized carbons (Fsp3) is 0.286. The molecule has 5 heteroatoms. The largest absolute Gasteiger partial charge is 0.379 e. The summed E-state index contributed by atoms with van der Waals surface area (Å²) in [5.74, 6) is 0. The number of hydrogen-bond donors (Lipinski definition) is 1. The number of sulfone groups is 1. The minimum absolute atomic E-state index is 0.343. The first-order chi connectivity index (χ1) is 9.00. The Morgan fingerprint density at radius 3 is 2.42 bits per heavy atom. The Morgan fingerprint density at radius 2 is 1.84 bits per heavy atom. The molecule has 0 atom stereocenters. The Bertz CT molecular complexity index is 642. The van der Waals surface area contributed by atoms with E-state index in [2.05, 4.69) is 22.9 Å². The third-order valence-electron chi connectivity index (χ3n) is 3.02. The van der Waals surface area contributed by atoms with Crippen molar-refractivity contribution in [3.8, 4) is 0 Å². The van der Waals surface area contributed by atoms with E-state index in [4.69, 9.17) is 0 Å². The lowest BCUT2D eigenvalue weighted by molar-refractivity contribution is 0.602. The molecule has 0 aliphatic rings. The van der Waals surface area contributed by atoms with Crippen molar-refractivity contribution < 1.29 is 8.42 Å². The lowest BCUT2D eigenvalue weighted by Crippen LogP contribution is -2.06. The molecule has 1 heterocycles. The van der Waals surface area contributed by atoms with Gasteiger partial charge in [0.25, 0.3) is 0 Å². The van der Waals surface area contributed by atoms with Crippen molar-refractivity contribution in [2.24, 2.45) is 0 Å². The van der Waals surface area contributed by atoms with Gasteiger partial charge in [-0.05, 0) is 43.3 Å². The second-order valence-electron chi connectivity index (χ2n) is 4.44. The monoisotopic (exact) mass is 278 g/mol. The molecule has 0 saturated heterocycles. The van der Waals surface area contributed by atoms with Gasteiger partial charge in [-0.1, -0.05) is 0 Å². The molecule has 0 amide bonds. The third-order valence-corrected chi connectivity index (χ3v) is 4.15. The molecule has 0 spiro atoms. The van der Waals surface area contributed by atoms with Crippen LogP contribution in [0.3, 0.4) is 0 Å². The van der Waals surface area contributed by atoms with Crippen LogP contribution in [0.1, 0.15) is 12.6 Å². The molecule has 4 nitrogen and oxygen atoms in total. The molecular weight excluding hydrogens is 260 g/mol. The molecule has 2 rings (SSSR count). The average Bonchev–Trinajstić information content (AvgIpc) is 2.83. The van der Waals surface area contributed by atoms with Crippen LogP contribution in [0.2, 0.25) is 0 Å². The van der Waals surface area contributed by atoms with Gasteiger partial charge in [-0.2, -0.15) is 0 Å². The van der Waals surface area contributed by atoms with E-state index < -0.39 is 9.84 Å². The molecule has 19 heavy (non-hydrogen) atoms. The van der Waals surface area contributed by atoms with Crippen LogP contribution < -0.4 is 5.32 Å². The smallest absolute Gasteiger partial charge is 0.175 e. The summed E-state index contributed by atoms with van der Waals surface area (Å²) < 4.78 is 24.9. The van der Waals surface area contributed by atoms with Crippen molar-refractivity contribution >= 4 is 15.5 Å². The summed E-state index contributed by atoms with van der Waals surface area (Å²) in [6, 6.07) is 10.9. The zero-order valence-corrected chi connectivity index (χ0v) is 11.9. The van der Waals surface area contributed by atoms with Gasteiger partial charge in [0, 0.05) is 30.4 Å². The quantitative estimate of drug-likeness (QED) is 0.914. The summed E-state index contributed by atoms with van der Waals surface area (Å²) in [6.07, 6.45) is 3.26. The van der Waals surface area contributed by atoms with Crippen LogP contribution in [0.25, 0.3) is 0 Å². The molecule has 2 aromatic rings. The summed E-state index contributed by atoms with van der Waals surface area (Å²) >= 11 is 0. The van der Waals surface area contributed by atoms with Crippen LogP contribution in [0.4, 0.5) is 5.69 Å². The molecule has 102 valence electrons. The van der Waals surface area contributed by atoms with E-state index in [9.17, 15) is 8.42 Å². The van der Waals surface area contributed by atoms with Crippen molar-refractivity contribution in [3.63, 3.8) is 0 Å². The Labute approximate surface area is 114 Å². The van der Waals surface area contributed by atoms with E-state index in [1.54, 1.807) is 24.3 Å². The molecule has 0 fully saturated rings. The van der Waals surface area contributed by atoms with Crippen LogP contribution in [0.5, 0.6) is 0 Å². The Hall–Kier alpha value is -1.75. The lowest BCUT2D eigenvalue weighted by Gasteiger charge is -2.09. The minimum Gasteiger partial charge on any atom is -0.379 e. The predicted molar refractivity (Wildman–Crippen MR) is 77.0 cm³/mol. The molecule has 1 aromatic carbocycles. The van der Waals surface area contributed by atoms with E-state index >= 15 is 0 Å². The van der Waals surface area contributed by atoms with Gasteiger partial charge >= 0.3 is 0 Å². The molecule has 0 aliphatic heterocycles. The molecule has 1 N–H and O–H groups in total. The van der Waals surface area contributed by atoms with Crippen LogP contribution >= 0.6 is 0 Å². The fourth-order valence-electron chi connectivity index (χ4n) is 1.93. The number of aromatic nitrogens is 1. The Morgan fingerprint density at radius 1 is 1.16 bits per heavy atom. The lowest BCUT2D eigenvalue weighted by atomic mass is 10.3. The first-order valence-electron chi connectivity index (χ1n) is 6.18. The maximum atomic E-state index is 11.3. The third kappa shape index (κ3) is 3.38. The number of anilines is 1. The van der Waals surface area contributed by atoms with E-state index in [1.165, 1.54) is 11.9 Å². The Kier molecular flexibility index (Phi) is 3.95. The topological polar surface area (TPSA) is 51.1 Å². The summed E-state index contributed by atoms with van der Waals surface area (Å²) in [5.41, 5.74) is 2.12. The van der Waals surface area contributed by atoms with Gasteiger partial charge in [-0.15, -0.1) is 0 Å². The summed E-state index contributed by atoms with van der Waals surface area (Å²) in [4.78, 5) is 0.343. The van der Waals surface area contributed by atoms with Gasteiger partial charge in [0.2, 0.25) is 0 Å². The first kappa shape index (κ1) is 13.7. The fourth-order valence-corrected chi connectivity index (χ4v) is 2.56. The molecule has 1 aromatic heterocycles. The van der Waals surface area contributed by atoms with Crippen molar-refractivity contribution in [1.82, 2.24) is 4.57 Å². The number of hydrogen-bond acceptors (Lipinski definition) is 3. The van der Waals surface area contributed by atoms with Crippen LogP contribution in [0.15, 0.2) is 47.5 Å². The summed E-state index contributed by atoms with van der Waals surface area (Å²) in [7, 11) is -3.12. The number of nitrogens with zero attached hydrogens (tertiary/aromatic N) is 1. The van der Waals surface area contributed by atoms with Gasteiger partial charge in [0.15, 0.2) is 9.84 Å². The zero-order chi connectivity index (χ0) is 13.9. The minimum atomic E-state index is -3.12. The van der Waals surface area contributed by atoms with Gasteiger partial charge in [-0.3, -0.25) is 0 Å². The molecule has 0 saturated carbocycles. The molecule has 0 radical (unpaired) electrons. The first-order valence-corrected chi connectivity index (χ1v) is 8.08. The standard InChI is InChI=1S/C14H18N2O2S/c1-3-16-10-4-5-13(16)11-15-12-6-8-14(9-7-12)19(2,17)18/h4-10,15H,3,11H2,1-2H3. The van der Waals surface area contributed by atoms with Gasteiger partial charge < -0.3 is 9.88 Å². The van der Waals surface area contributed by atoms with Crippen molar-refractivity contribution in [3.05, 3.63) is 48.3 Å². The van der Waals surface area contributed by atoms with Gasteiger partial charge in [-0.25, -0.2) is 8.42 Å². The van der Waals surface area contributed by atoms with Crippen LogP contribution in [-0.2, 0) is 22.9 Å². The van der Waals surface area contributed by atoms with E-state index in [-0.39, 0.29) is 0 Å². The number of aryl methyl sites for hydroxylation is 1.